The molecule has 100 valence electrons. The first kappa shape index (κ1) is 15.3. The Kier molecular flexibility index (Phi) is 5.59. The van der Waals surface area contributed by atoms with E-state index in [9.17, 15) is 4.79 Å². The Morgan fingerprint density at radius 2 is 1.89 bits per heavy atom. The van der Waals surface area contributed by atoms with Gasteiger partial charge in [-0.05, 0) is 30.5 Å². The summed E-state index contributed by atoms with van der Waals surface area (Å²) in [6.07, 6.45) is 1.66. The summed E-state index contributed by atoms with van der Waals surface area (Å²) in [7, 11) is 0. The molecule has 0 radical (unpaired) electrons. The number of hydrogen-bond acceptors (Lipinski definition) is 2. The lowest BCUT2D eigenvalue weighted by atomic mass is 10.1. The number of nitrogens with zero attached hydrogens (tertiary/aromatic N) is 1. The fraction of sp³-hybridized carbons (Fsp3) is 0.333. The van der Waals surface area contributed by atoms with E-state index in [4.69, 9.17) is 16.9 Å². The molecule has 1 aromatic carbocycles. The first-order valence-electron chi connectivity index (χ1n) is 6.12. The summed E-state index contributed by atoms with van der Waals surface area (Å²) in [6, 6.07) is 9.00. The Labute approximate surface area is 118 Å². The van der Waals surface area contributed by atoms with Crippen molar-refractivity contribution in [3.05, 3.63) is 46.5 Å². The monoisotopic (exact) mass is 276 g/mol. The van der Waals surface area contributed by atoms with Gasteiger partial charge < -0.3 is 5.32 Å². The summed E-state index contributed by atoms with van der Waals surface area (Å²) < 4.78 is 0. The number of hydrogen-bond donors (Lipinski definition) is 1. The summed E-state index contributed by atoms with van der Waals surface area (Å²) in [5.74, 6) is -0.190. The van der Waals surface area contributed by atoms with Crippen molar-refractivity contribution < 1.29 is 4.79 Å². The van der Waals surface area contributed by atoms with Gasteiger partial charge >= 0.3 is 0 Å². The molecule has 0 aromatic heterocycles. The maximum absolute atomic E-state index is 11.9. The van der Waals surface area contributed by atoms with Gasteiger partial charge in [0, 0.05) is 5.02 Å². The van der Waals surface area contributed by atoms with Crippen LogP contribution in [0.2, 0.25) is 5.02 Å². The summed E-state index contributed by atoms with van der Waals surface area (Å²) in [5, 5.41) is 12.4. The smallest absolute Gasteiger partial charge is 0.262 e. The van der Waals surface area contributed by atoms with Gasteiger partial charge in [-0.3, -0.25) is 4.79 Å². The van der Waals surface area contributed by atoms with E-state index in [2.05, 4.69) is 5.32 Å². The highest BCUT2D eigenvalue weighted by molar-refractivity contribution is 6.30. The molecule has 1 N–H and O–H groups in total. The molecule has 0 saturated heterocycles. The number of rotatable bonds is 4. The van der Waals surface area contributed by atoms with Gasteiger partial charge in [0.15, 0.2) is 0 Å². The maximum Gasteiger partial charge on any atom is 0.262 e. The second-order valence-electron chi connectivity index (χ2n) is 4.68. The molecule has 0 aliphatic carbocycles. The van der Waals surface area contributed by atoms with Crippen LogP contribution in [-0.2, 0) is 4.79 Å². The van der Waals surface area contributed by atoms with E-state index in [0.717, 1.165) is 5.56 Å². The van der Waals surface area contributed by atoms with Crippen LogP contribution >= 0.6 is 11.6 Å². The average molecular weight is 277 g/mol. The number of nitriles is 1. The molecule has 19 heavy (non-hydrogen) atoms. The highest BCUT2D eigenvalue weighted by Gasteiger charge is 2.13. The van der Waals surface area contributed by atoms with Crippen molar-refractivity contribution in [3.8, 4) is 6.07 Å². The van der Waals surface area contributed by atoms with Gasteiger partial charge in [0.1, 0.15) is 11.6 Å². The fourth-order valence-corrected chi connectivity index (χ4v) is 1.73. The van der Waals surface area contributed by atoms with Crippen LogP contribution < -0.4 is 5.32 Å². The minimum absolute atomic E-state index is 0.149. The molecule has 0 aliphatic heterocycles. The molecule has 1 unspecified atom stereocenters. The Morgan fingerprint density at radius 1 is 1.32 bits per heavy atom. The van der Waals surface area contributed by atoms with Gasteiger partial charge in [-0.1, -0.05) is 43.7 Å². The van der Waals surface area contributed by atoms with E-state index >= 15 is 0 Å². The molecular weight excluding hydrogens is 260 g/mol. The van der Waals surface area contributed by atoms with Crippen molar-refractivity contribution in [3.63, 3.8) is 0 Å². The second kappa shape index (κ2) is 6.96. The quantitative estimate of drug-likeness (QED) is 0.674. The second-order valence-corrected chi connectivity index (χ2v) is 5.12. The predicted octanol–water partition coefficient (Wildman–Crippen LogP) is 3.62. The van der Waals surface area contributed by atoms with E-state index in [1.807, 2.05) is 39.0 Å². The zero-order valence-corrected chi connectivity index (χ0v) is 12.0. The summed E-state index contributed by atoms with van der Waals surface area (Å²) >= 11 is 5.81. The molecule has 0 fully saturated rings. The standard InChI is InChI=1S/C15H17ClN2O/c1-10(2)8-13(9-17)15(19)18-11(3)12-4-6-14(16)7-5-12/h4-8,10-11H,1-3H3,(H,18,19)/b13-8+. The minimum Gasteiger partial charge on any atom is -0.345 e. The van der Waals surface area contributed by atoms with Crippen molar-refractivity contribution >= 4 is 17.5 Å². The molecular formula is C15H17ClN2O. The van der Waals surface area contributed by atoms with E-state index in [-0.39, 0.29) is 23.4 Å². The fourth-order valence-electron chi connectivity index (χ4n) is 1.61. The zero-order valence-electron chi connectivity index (χ0n) is 11.3. The first-order valence-corrected chi connectivity index (χ1v) is 6.50. The topological polar surface area (TPSA) is 52.9 Å². The van der Waals surface area contributed by atoms with E-state index in [1.165, 1.54) is 0 Å². The average Bonchev–Trinajstić information content (AvgIpc) is 2.36. The minimum atomic E-state index is -0.348. The summed E-state index contributed by atoms with van der Waals surface area (Å²) in [4.78, 5) is 11.9. The molecule has 1 aromatic rings. The number of benzene rings is 1. The van der Waals surface area contributed by atoms with Crippen molar-refractivity contribution in [1.29, 1.82) is 5.26 Å². The Morgan fingerprint density at radius 3 is 2.37 bits per heavy atom. The molecule has 0 spiro atoms. The van der Waals surface area contributed by atoms with Crippen molar-refractivity contribution in [2.75, 3.05) is 0 Å². The van der Waals surface area contributed by atoms with Crippen LogP contribution in [0.5, 0.6) is 0 Å². The van der Waals surface area contributed by atoms with Gasteiger partial charge in [0.05, 0.1) is 6.04 Å². The Hall–Kier alpha value is -1.79. The predicted molar refractivity (Wildman–Crippen MR) is 76.5 cm³/mol. The lowest BCUT2D eigenvalue weighted by Gasteiger charge is -2.14. The van der Waals surface area contributed by atoms with Crippen LogP contribution in [0.3, 0.4) is 0 Å². The van der Waals surface area contributed by atoms with Gasteiger partial charge in [0.2, 0.25) is 0 Å². The molecule has 1 amide bonds. The summed E-state index contributed by atoms with van der Waals surface area (Å²) in [6.45, 7) is 5.71. The van der Waals surface area contributed by atoms with Gasteiger partial charge in [0.25, 0.3) is 5.91 Å². The molecule has 1 rings (SSSR count). The lowest BCUT2D eigenvalue weighted by molar-refractivity contribution is -0.117. The Bertz CT molecular complexity index is 512. The third kappa shape index (κ3) is 4.76. The van der Waals surface area contributed by atoms with Crippen molar-refractivity contribution in [2.45, 2.75) is 26.8 Å². The number of halogens is 1. The third-order valence-electron chi connectivity index (χ3n) is 2.58. The molecule has 1 atom stereocenters. The van der Waals surface area contributed by atoms with E-state index in [1.54, 1.807) is 18.2 Å². The van der Waals surface area contributed by atoms with Crippen LogP contribution in [-0.4, -0.2) is 5.91 Å². The van der Waals surface area contributed by atoms with Crippen LogP contribution in [0, 0.1) is 17.2 Å². The zero-order chi connectivity index (χ0) is 14.4. The molecule has 0 heterocycles. The number of amides is 1. The Balaban J connectivity index is 2.76. The first-order chi connectivity index (χ1) is 8.93. The highest BCUT2D eigenvalue weighted by atomic mass is 35.5. The maximum atomic E-state index is 11.9. The largest absolute Gasteiger partial charge is 0.345 e. The van der Waals surface area contributed by atoms with Gasteiger partial charge in [-0.15, -0.1) is 0 Å². The van der Waals surface area contributed by atoms with Crippen LogP contribution in [0.1, 0.15) is 32.4 Å². The third-order valence-corrected chi connectivity index (χ3v) is 2.83. The highest BCUT2D eigenvalue weighted by Crippen LogP contribution is 2.16. The molecule has 4 heteroatoms. The van der Waals surface area contributed by atoms with Crippen molar-refractivity contribution in [1.82, 2.24) is 5.32 Å². The van der Waals surface area contributed by atoms with Gasteiger partial charge in [-0.25, -0.2) is 0 Å². The molecule has 3 nitrogen and oxygen atoms in total. The van der Waals surface area contributed by atoms with E-state index in [0.29, 0.717) is 5.02 Å². The normalized spacial score (nSPS) is 12.9. The number of nitrogens with one attached hydrogen (secondary N) is 1. The molecule has 0 aliphatic rings. The number of carbonyl (C=O) groups is 1. The van der Waals surface area contributed by atoms with Crippen molar-refractivity contribution in [2.24, 2.45) is 5.92 Å². The van der Waals surface area contributed by atoms with Crippen LogP contribution in [0.25, 0.3) is 0 Å². The summed E-state index contributed by atoms with van der Waals surface area (Å²) in [5.41, 5.74) is 1.09. The lowest BCUT2D eigenvalue weighted by Crippen LogP contribution is -2.27. The number of carbonyl (C=O) groups excluding carboxylic acids is 1. The van der Waals surface area contributed by atoms with Gasteiger partial charge in [-0.2, -0.15) is 5.26 Å². The van der Waals surface area contributed by atoms with Crippen LogP contribution in [0.15, 0.2) is 35.9 Å². The SMILES string of the molecule is CC(C)/C=C(\C#N)C(=O)NC(C)c1ccc(Cl)cc1. The van der Waals surface area contributed by atoms with Crippen LogP contribution in [0.4, 0.5) is 0 Å². The molecule has 0 bridgehead atoms. The molecule has 0 saturated carbocycles. The number of allylic oxidation sites excluding steroid dienone is 1. The van der Waals surface area contributed by atoms with E-state index < -0.39 is 0 Å².